The maximum absolute atomic E-state index is 11.5. The number of carboxylic acids is 1. The fraction of sp³-hybridized carbons (Fsp3) is 0.182. The SMILES string of the molecule is Cc1sc(C(=O)O)cc1Cn1cc(Cl)cnc1=O. The number of nitrogens with zero attached hydrogens (tertiary/aromatic N) is 2. The molecule has 0 aliphatic carbocycles. The minimum absolute atomic E-state index is 0.255. The van der Waals surface area contributed by atoms with Crippen molar-refractivity contribution in [2.75, 3.05) is 0 Å². The highest BCUT2D eigenvalue weighted by molar-refractivity contribution is 7.14. The molecule has 7 heteroatoms. The van der Waals surface area contributed by atoms with E-state index in [4.69, 9.17) is 16.7 Å². The highest BCUT2D eigenvalue weighted by atomic mass is 35.5. The molecule has 0 aromatic carbocycles. The maximum Gasteiger partial charge on any atom is 0.347 e. The van der Waals surface area contributed by atoms with Gasteiger partial charge in [-0.2, -0.15) is 0 Å². The number of hydrogen-bond acceptors (Lipinski definition) is 4. The quantitative estimate of drug-likeness (QED) is 0.936. The molecule has 0 aliphatic heterocycles. The molecule has 0 spiro atoms. The molecule has 1 N–H and O–H groups in total. The summed E-state index contributed by atoms with van der Waals surface area (Å²) >= 11 is 6.95. The fourth-order valence-electron chi connectivity index (χ4n) is 1.51. The Kier molecular flexibility index (Phi) is 3.49. The van der Waals surface area contributed by atoms with Crippen LogP contribution in [-0.2, 0) is 6.54 Å². The smallest absolute Gasteiger partial charge is 0.347 e. The van der Waals surface area contributed by atoms with Crippen LogP contribution >= 0.6 is 22.9 Å². The first-order valence-corrected chi connectivity index (χ1v) is 6.21. The minimum Gasteiger partial charge on any atom is -0.477 e. The van der Waals surface area contributed by atoms with E-state index in [1.165, 1.54) is 28.3 Å². The highest BCUT2D eigenvalue weighted by Gasteiger charge is 2.12. The Hall–Kier alpha value is -1.66. The van der Waals surface area contributed by atoms with Crippen LogP contribution in [0, 0.1) is 6.92 Å². The van der Waals surface area contributed by atoms with Crippen molar-refractivity contribution >= 4 is 28.9 Å². The summed E-state index contributed by atoms with van der Waals surface area (Å²) in [6.07, 6.45) is 2.76. The van der Waals surface area contributed by atoms with Crippen molar-refractivity contribution in [3.05, 3.63) is 49.3 Å². The molecule has 0 aliphatic rings. The molecule has 0 fully saturated rings. The van der Waals surface area contributed by atoms with Crippen molar-refractivity contribution in [2.45, 2.75) is 13.5 Å². The van der Waals surface area contributed by atoms with E-state index in [1.54, 1.807) is 6.07 Å². The van der Waals surface area contributed by atoms with Crippen LogP contribution in [0.5, 0.6) is 0 Å². The van der Waals surface area contributed by atoms with Crippen LogP contribution in [0.25, 0.3) is 0 Å². The Bertz CT molecular complexity index is 663. The van der Waals surface area contributed by atoms with Crippen molar-refractivity contribution in [3.8, 4) is 0 Å². The highest BCUT2D eigenvalue weighted by Crippen LogP contribution is 2.22. The van der Waals surface area contributed by atoms with Gasteiger partial charge in [-0.05, 0) is 18.6 Å². The zero-order valence-electron chi connectivity index (χ0n) is 9.38. The molecule has 0 saturated heterocycles. The van der Waals surface area contributed by atoms with Crippen LogP contribution in [0.3, 0.4) is 0 Å². The minimum atomic E-state index is -0.967. The predicted octanol–water partition coefficient (Wildman–Crippen LogP) is 2.01. The molecular weight excluding hydrogens is 276 g/mol. The Balaban J connectivity index is 2.37. The third-order valence-corrected chi connectivity index (χ3v) is 3.67. The molecule has 0 atom stereocenters. The van der Waals surface area contributed by atoms with Gasteiger partial charge in [0.2, 0.25) is 0 Å². The summed E-state index contributed by atoms with van der Waals surface area (Å²) in [6.45, 7) is 2.08. The van der Waals surface area contributed by atoms with Crippen molar-refractivity contribution in [1.82, 2.24) is 9.55 Å². The molecule has 5 nitrogen and oxygen atoms in total. The lowest BCUT2D eigenvalue weighted by Gasteiger charge is -2.04. The molecule has 94 valence electrons. The number of carbonyl (C=O) groups is 1. The molecule has 2 aromatic rings. The molecule has 0 bridgehead atoms. The van der Waals surface area contributed by atoms with E-state index in [0.717, 1.165) is 10.4 Å². The van der Waals surface area contributed by atoms with Crippen LogP contribution in [-0.4, -0.2) is 20.6 Å². The average molecular weight is 285 g/mol. The fourth-order valence-corrected chi connectivity index (χ4v) is 2.55. The largest absolute Gasteiger partial charge is 0.477 e. The monoisotopic (exact) mass is 284 g/mol. The van der Waals surface area contributed by atoms with Gasteiger partial charge in [-0.15, -0.1) is 11.3 Å². The number of carboxylic acid groups (broad SMARTS) is 1. The Morgan fingerprint density at radius 2 is 2.33 bits per heavy atom. The van der Waals surface area contributed by atoms with E-state index in [-0.39, 0.29) is 11.4 Å². The normalized spacial score (nSPS) is 10.6. The van der Waals surface area contributed by atoms with Gasteiger partial charge in [0.1, 0.15) is 4.88 Å². The molecule has 0 saturated carbocycles. The lowest BCUT2D eigenvalue weighted by Crippen LogP contribution is -2.22. The van der Waals surface area contributed by atoms with Crippen LogP contribution in [0.4, 0.5) is 0 Å². The molecule has 2 rings (SSSR count). The third-order valence-electron chi connectivity index (χ3n) is 2.40. The van der Waals surface area contributed by atoms with Gasteiger partial charge in [-0.1, -0.05) is 11.6 Å². The van der Waals surface area contributed by atoms with Gasteiger partial charge in [-0.25, -0.2) is 14.6 Å². The second kappa shape index (κ2) is 4.91. The van der Waals surface area contributed by atoms with Crippen LogP contribution in [0.2, 0.25) is 5.02 Å². The molecule has 18 heavy (non-hydrogen) atoms. The van der Waals surface area contributed by atoms with Crippen molar-refractivity contribution in [2.24, 2.45) is 0 Å². The summed E-state index contributed by atoms with van der Waals surface area (Å²) in [5.74, 6) is -0.967. The van der Waals surface area contributed by atoms with Gasteiger partial charge in [0.15, 0.2) is 0 Å². The second-order valence-electron chi connectivity index (χ2n) is 3.68. The molecule has 0 amide bonds. The first-order chi connectivity index (χ1) is 8.47. The van der Waals surface area contributed by atoms with Crippen molar-refractivity contribution in [1.29, 1.82) is 0 Å². The Morgan fingerprint density at radius 3 is 2.94 bits per heavy atom. The number of thiophene rings is 1. The van der Waals surface area contributed by atoms with E-state index in [1.807, 2.05) is 6.92 Å². The van der Waals surface area contributed by atoms with Gasteiger partial charge in [0, 0.05) is 11.1 Å². The maximum atomic E-state index is 11.5. The Labute approximate surface area is 111 Å². The number of hydrogen-bond donors (Lipinski definition) is 1. The summed E-state index contributed by atoms with van der Waals surface area (Å²) in [5.41, 5.74) is 0.366. The molecule has 0 radical (unpaired) electrons. The summed E-state index contributed by atoms with van der Waals surface area (Å²) in [4.78, 5) is 27.1. The summed E-state index contributed by atoms with van der Waals surface area (Å²) < 4.78 is 1.35. The predicted molar refractivity (Wildman–Crippen MR) is 68.6 cm³/mol. The number of halogens is 1. The number of aromatic carboxylic acids is 1. The lowest BCUT2D eigenvalue weighted by atomic mass is 10.2. The van der Waals surface area contributed by atoms with E-state index in [9.17, 15) is 9.59 Å². The summed E-state index contributed by atoms with van der Waals surface area (Å²) in [5, 5.41) is 9.26. The Morgan fingerprint density at radius 1 is 1.61 bits per heavy atom. The van der Waals surface area contributed by atoms with E-state index in [2.05, 4.69) is 4.98 Å². The number of aromatic nitrogens is 2. The standard InChI is InChI=1S/C11H9ClN2O3S/c1-6-7(2-9(18-6)10(15)16)4-14-5-8(12)3-13-11(14)17/h2-3,5H,4H2,1H3,(H,15,16). The van der Waals surface area contributed by atoms with Gasteiger partial charge in [-0.3, -0.25) is 4.57 Å². The van der Waals surface area contributed by atoms with Gasteiger partial charge < -0.3 is 5.11 Å². The summed E-state index contributed by atoms with van der Waals surface area (Å²) in [7, 11) is 0. The van der Waals surface area contributed by atoms with Gasteiger partial charge >= 0.3 is 11.7 Å². The van der Waals surface area contributed by atoms with Crippen LogP contribution < -0.4 is 5.69 Å². The summed E-state index contributed by atoms with van der Waals surface area (Å²) in [6, 6.07) is 1.57. The van der Waals surface area contributed by atoms with E-state index in [0.29, 0.717) is 5.02 Å². The van der Waals surface area contributed by atoms with Crippen molar-refractivity contribution < 1.29 is 9.90 Å². The van der Waals surface area contributed by atoms with Crippen molar-refractivity contribution in [3.63, 3.8) is 0 Å². The van der Waals surface area contributed by atoms with E-state index >= 15 is 0 Å². The molecule has 2 aromatic heterocycles. The molecule has 2 heterocycles. The number of aryl methyl sites for hydroxylation is 1. The van der Waals surface area contributed by atoms with Gasteiger partial charge in [0.25, 0.3) is 0 Å². The molecule has 0 unspecified atom stereocenters. The van der Waals surface area contributed by atoms with Crippen LogP contribution in [0.15, 0.2) is 23.3 Å². The lowest BCUT2D eigenvalue weighted by molar-refractivity contribution is 0.0702. The second-order valence-corrected chi connectivity index (χ2v) is 5.37. The zero-order valence-corrected chi connectivity index (χ0v) is 11.0. The zero-order chi connectivity index (χ0) is 13.3. The average Bonchev–Trinajstić information content (AvgIpc) is 2.66. The molecular formula is C11H9ClN2O3S. The first kappa shape index (κ1) is 12.8. The van der Waals surface area contributed by atoms with Gasteiger partial charge in [0.05, 0.1) is 17.8 Å². The third kappa shape index (κ3) is 2.60. The number of rotatable bonds is 3. The topological polar surface area (TPSA) is 72.2 Å². The van der Waals surface area contributed by atoms with E-state index < -0.39 is 11.7 Å². The van der Waals surface area contributed by atoms with Crippen LogP contribution in [0.1, 0.15) is 20.1 Å². The first-order valence-electron chi connectivity index (χ1n) is 5.02.